The fourth-order valence-corrected chi connectivity index (χ4v) is 2.14. The van der Waals surface area contributed by atoms with Crippen molar-refractivity contribution in [1.82, 2.24) is 14.5 Å². The normalized spacial score (nSPS) is 10.3. The number of nitrogens with zero attached hydrogens (tertiary/aromatic N) is 3. The van der Waals surface area contributed by atoms with E-state index in [4.69, 9.17) is 4.74 Å². The fourth-order valence-electron chi connectivity index (χ4n) is 1.36. The summed E-state index contributed by atoms with van der Waals surface area (Å²) in [5.74, 6) is 0.134. The average molecular weight is 268 g/mol. The largest absolute Gasteiger partial charge is 0.462 e. The lowest BCUT2D eigenvalue weighted by molar-refractivity contribution is 0.0527. The minimum Gasteiger partial charge on any atom is -0.462 e. The van der Waals surface area contributed by atoms with Crippen LogP contribution in [0.2, 0.25) is 0 Å². The van der Waals surface area contributed by atoms with Crippen LogP contribution in [0.1, 0.15) is 28.8 Å². The zero-order chi connectivity index (χ0) is 13.0. The van der Waals surface area contributed by atoms with Crippen molar-refractivity contribution >= 4 is 22.5 Å². The Labute approximate surface area is 107 Å². The monoisotopic (exact) mass is 268 g/mol. The van der Waals surface area contributed by atoms with Crippen molar-refractivity contribution in [1.29, 1.82) is 0 Å². The van der Waals surface area contributed by atoms with E-state index in [0.29, 0.717) is 35.2 Å². The zero-order valence-electron chi connectivity index (χ0n) is 9.97. The van der Waals surface area contributed by atoms with E-state index in [0.717, 1.165) is 0 Å². The van der Waals surface area contributed by atoms with Crippen molar-refractivity contribution in [2.24, 2.45) is 0 Å². The van der Waals surface area contributed by atoms with Crippen LogP contribution in [0.25, 0.3) is 0 Å². The number of rotatable bonds is 5. The predicted molar refractivity (Wildman–Crippen MR) is 64.4 cm³/mol. The van der Waals surface area contributed by atoms with Crippen LogP contribution in [0.3, 0.4) is 0 Å². The van der Waals surface area contributed by atoms with Crippen LogP contribution in [0.5, 0.6) is 0 Å². The first-order valence-electron chi connectivity index (χ1n) is 5.35. The lowest BCUT2D eigenvalue weighted by Gasteiger charge is -2.04. The first-order chi connectivity index (χ1) is 8.72. The number of anilines is 1. The van der Waals surface area contributed by atoms with E-state index in [-0.39, 0.29) is 5.97 Å². The third-order valence-corrected chi connectivity index (χ3v) is 3.05. The third-order valence-electron chi connectivity index (χ3n) is 2.16. The number of nitrogens with one attached hydrogen (secondary N) is 1. The van der Waals surface area contributed by atoms with Gasteiger partial charge in [0.15, 0.2) is 5.82 Å². The molecule has 0 aromatic carbocycles. The van der Waals surface area contributed by atoms with E-state index in [9.17, 15) is 4.79 Å². The first kappa shape index (κ1) is 12.5. The SMILES string of the molecule is CCOC(=O)c1c(C)nsc1NCc1ncon1. The number of ether oxygens (including phenoxy) is 1. The minimum atomic E-state index is -0.376. The van der Waals surface area contributed by atoms with Gasteiger partial charge in [-0.2, -0.15) is 9.36 Å². The maximum Gasteiger partial charge on any atom is 0.343 e. The maximum absolute atomic E-state index is 11.8. The summed E-state index contributed by atoms with van der Waals surface area (Å²) in [7, 11) is 0. The molecule has 0 spiro atoms. The summed E-state index contributed by atoms with van der Waals surface area (Å²) in [6.45, 7) is 4.23. The summed E-state index contributed by atoms with van der Waals surface area (Å²) in [6.07, 6.45) is 1.25. The Kier molecular flexibility index (Phi) is 3.88. The lowest BCUT2D eigenvalue weighted by atomic mass is 10.2. The molecular formula is C10H12N4O3S. The minimum absolute atomic E-state index is 0.332. The molecule has 7 nitrogen and oxygen atoms in total. The van der Waals surface area contributed by atoms with E-state index in [2.05, 4.69) is 24.4 Å². The number of carbonyl (C=O) groups excluding carboxylic acids is 1. The second-order valence-electron chi connectivity index (χ2n) is 3.39. The topological polar surface area (TPSA) is 90.1 Å². The summed E-state index contributed by atoms with van der Waals surface area (Å²) < 4.78 is 13.7. The number of aryl methyl sites for hydroxylation is 1. The number of carbonyl (C=O) groups is 1. The van der Waals surface area contributed by atoms with E-state index >= 15 is 0 Å². The Bertz CT molecular complexity index is 523. The van der Waals surface area contributed by atoms with E-state index < -0.39 is 0 Å². The van der Waals surface area contributed by atoms with Gasteiger partial charge in [0.1, 0.15) is 10.6 Å². The predicted octanol–water partition coefficient (Wildman–Crippen LogP) is 1.62. The van der Waals surface area contributed by atoms with Crippen LogP contribution >= 0.6 is 11.5 Å². The molecule has 0 saturated carbocycles. The van der Waals surface area contributed by atoms with Crippen LogP contribution in [-0.2, 0) is 11.3 Å². The smallest absolute Gasteiger partial charge is 0.343 e. The number of hydrogen-bond acceptors (Lipinski definition) is 8. The van der Waals surface area contributed by atoms with E-state index in [1.807, 2.05) is 0 Å². The molecule has 1 N–H and O–H groups in total. The average Bonchev–Trinajstić information content (AvgIpc) is 2.96. The maximum atomic E-state index is 11.8. The molecule has 0 aliphatic heterocycles. The Hall–Kier alpha value is -1.96. The first-order valence-corrected chi connectivity index (χ1v) is 6.12. The molecule has 0 saturated heterocycles. The van der Waals surface area contributed by atoms with Crippen LogP contribution in [0.15, 0.2) is 10.9 Å². The number of aromatic nitrogens is 3. The third kappa shape index (κ3) is 2.65. The highest BCUT2D eigenvalue weighted by Crippen LogP contribution is 2.25. The van der Waals surface area contributed by atoms with Crippen LogP contribution < -0.4 is 5.32 Å². The molecule has 0 bridgehead atoms. The molecule has 18 heavy (non-hydrogen) atoms. The highest BCUT2D eigenvalue weighted by Gasteiger charge is 2.19. The molecule has 8 heteroatoms. The molecular weight excluding hydrogens is 256 g/mol. The highest BCUT2D eigenvalue weighted by molar-refractivity contribution is 7.10. The van der Waals surface area contributed by atoms with Gasteiger partial charge < -0.3 is 14.6 Å². The molecule has 0 fully saturated rings. The van der Waals surface area contributed by atoms with Crippen molar-refractivity contribution in [3.8, 4) is 0 Å². The summed E-state index contributed by atoms with van der Waals surface area (Å²) in [4.78, 5) is 15.6. The zero-order valence-corrected chi connectivity index (χ0v) is 10.8. The lowest BCUT2D eigenvalue weighted by Crippen LogP contribution is -2.09. The molecule has 0 radical (unpaired) electrons. The molecule has 96 valence electrons. The number of esters is 1. The Morgan fingerprint density at radius 3 is 3.11 bits per heavy atom. The molecule has 2 rings (SSSR count). The summed E-state index contributed by atoms with van der Waals surface area (Å²) in [5, 5.41) is 7.36. The molecule has 0 aliphatic carbocycles. The Morgan fingerprint density at radius 2 is 2.44 bits per heavy atom. The van der Waals surface area contributed by atoms with Crippen molar-refractivity contribution in [3.63, 3.8) is 0 Å². The molecule has 2 heterocycles. The fraction of sp³-hybridized carbons (Fsp3) is 0.400. The molecule has 0 aliphatic rings. The van der Waals surface area contributed by atoms with E-state index in [1.165, 1.54) is 17.9 Å². The van der Waals surface area contributed by atoms with Gasteiger partial charge in [0.25, 0.3) is 0 Å². The van der Waals surface area contributed by atoms with Crippen molar-refractivity contribution < 1.29 is 14.1 Å². The molecule has 0 atom stereocenters. The van der Waals surface area contributed by atoms with Gasteiger partial charge in [-0.1, -0.05) is 5.16 Å². The highest BCUT2D eigenvalue weighted by atomic mass is 32.1. The van der Waals surface area contributed by atoms with Crippen molar-refractivity contribution in [3.05, 3.63) is 23.5 Å². The Morgan fingerprint density at radius 1 is 1.61 bits per heavy atom. The van der Waals surface area contributed by atoms with Gasteiger partial charge >= 0.3 is 5.97 Å². The molecule has 0 unspecified atom stereocenters. The van der Waals surface area contributed by atoms with Crippen LogP contribution in [-0.4, -0.2) is 27.1 Å². The quantitative estimate of drug-likeness (QED) is 0.824. The van der Waals surface area contributed by atoms with Gasteiger partial charge in [0.2, 0.25) is 6.39 Å². The van der Waals surface area contributed by atoms with Crippen molar-refractivity contribution in [2.45, 2.75) is 20.4 Å². The van der Waals surface area contributed by atoms with Gasteiger partial charge in [0, 0.05) is 0 Å². The molecule has 2 aromatic rings. The van der Waals surface area contributed by atoms with Gasteiger partial charge in [0.05, 0.1) is 18.8 Å². The van der Waals surface area contributed by atoms with Gasteiger partial charge in [-0.25, -0.2) is 4.79 Å². The summed E-state index contributed by atoms with van der Waals surface area (Å²) >= 11 is 1.20. The second kappa shape index (κ2) is 5.58. The van der Waals surface area contributed by atoms with Crippen LogP contribution in [0, 0.1) is 6.92 Å². The molecule has 2 aromatic heterocycles. The summed E-state index contributed by atoms with van der Waals surface area (Å²) in [6, 6.07) is 0. The summed E-state index contributed by atoms with van der Waals surface area (Å²) in [5.41, 5.74) is 1.11. The van der Waals surface area contributed by atoms with E-state index in [1.54, 1.807) is 13.8 Å². The Balaban J connectivity index is 2.10. The second-order valence-corrected chi connectivity index (χ2v) is 4.17. The standard InChI is InChI=1S/C10H12N4O3S/c1-3-16-10(15)8-6(2)14-18-9(8)11-4-7-12-5-17-13-7/h5,11H,3-4H2,1-2H3. The van der Waals surface area contributed by atoms with Gasteiger partial charge in [-0.05, 0) is 25.4 Å². The van der Waals surface area contributed by atoms with Crippen LogP contribution in [0.4, 0.5) is 5.00 Å². The van der Waals surface area contributed by atoms with Gasteiger partial charge in [-0.3, -0.25) is 0 Å². The van der Waals surface area contributed by atoms with Gasteiger partial charge in [-0.15, -0.1) is 0 Å². The molecule has 0 amide bonds. The van der Waals surface area contributed by atoms with Crippen molar-refractivity contribution in [2.75, 3.05) is 11.9 Å². The number of hydrogen-bond donors (Lipinski definition) is 1.